The first kappa shape index (κ1) is 16.9. The third-order valence-electron chi connectivity index (χ3n) is 4.78. The fourth-order valence-electron chi connectivity index (χ4n) is 3.45. The van der Waals surface area contributed by atoms with Crippen LogP contribution in [-0.4, -0.2) is 34.8 Å². The highest BCUT2D eigenvalue weighted by molar-refractivity contribution is 6.26. The van der Waals surface area contributed by atoms with Gasteiger partial charge in [-0.1, -0.05) is 6.07 Å². The van der Waals surface area contributed by atoms with Crippen molar-refractivity contribution in [1.29, 1.82) is 0 Å². The molecule has 0 saturated heterocycles. The third kappa shape index (κ3) is 2.52. The van der Waals surface area contributed by atoms with Crippen molar-refractivity contribution < 1.29 is 24.0 Å². The summed E-state index contributed by atoms with van der Waals surface area (Å²) in [5.41, 5.74) is 0.818. The first-order chi connectivity index (χ1) is 14.0. The number of carbonyl (C=O) groups excluding carboxylic acids is 2. The summed E-state index contributed by atoms with van der Waals surface area (Å²) in [4.78, 5) is 36.5. The SMILES string of the molecule is O=C1c2cccc3c([N+](=O)[O-])ccc(c23)C(=O)N1/N=C/c1ccc2c(c1)OCO2. The van der Waals surface area contributed by atoms with Gasteiger partial charge in [0.15, 0.2) is 11.5 Å². The Morgan fingerprint density at radius 3 is 2.55 bits per heavy atom. The summed E-state index contributed by atoms with van der Waals surface area (Å²) in [7, 11) is 0. The molecule has 2 heterocycles. The topological polar surface area (TPSA) is 111 Å². The van der Waals surface area contributed by atoms with Gasteiger partial charge in [-0.25, -0.2) is 0 Å². The van der Waals surface area contributed by atoms with E-state index in [1.807, 2.05) is 0 Å². The number of nitro groups is 1. The Bertz CT molecular complexity index is 1240. The molecule has 2 aliphatic heterocycles. The molecule has 2 aliphatic rings. The van der Waals surface area contributed by atoms with E-state index in [1.54, 1.807) is 24.3 Å². The van der Waals surface area contributed by atoms with Crippen LogP contribution in [0.4, 0.5) is 5.69 Å². The standard InChI is InChI=1S/C20H11N3O6/c24-19-13-3-1-2-12-15(23(26)27)6-5-14(18(12)13)20(25)22(19)21-9-11-4-7-16-17(8-11)29-10-28-16/h1-9H,10H2/b21-9+. The minimum Gasteiger partial charge on any atom is -0.454 e. The molecular formula is C20H11N3O6. The number of nitrogens with zero attached hydrogens (tertiary/aromatic N) is 3. The molecule has 0 aliphatic carbocycles. The maximum Gasteiger partial charge on any atom is 0.282 e. The van der Waals surface area contributed by atoms with E-state index in [9.17, 15) is 19.7 Å². The number of ether oxygens (including phenoxy) is 2. The largest absolute Gasteiger partial charge is 0.454 e. The first-order valence-electron chi connectivity index (χ1n) is 8.57. The van der Waals surface area contributed by atoms with Crippen LogP contribution >= 0.6 is 0 Å². The number of imide groups is 1. The van der Waals surface area contributed by atoms with Gasteiger partial charge in [0.05, 0.1) is 27.7 Å². The average molecular weight is 389 g/mol. The van der Waals surface area contributed by atoms with Gasteiger partial charge in [-0.2, -0.15) is 10.1 Å². The van der Waals surface area contributed by atoms with Gasteiger partial charge in [-0.3, -0.25) is 19.7 Å². The second-order valence-corrected chi connectivity index (χ2v) is 6.40. The number of carbonyl (C=O) groups is 2. The van der Waals surface area contributed by atoms with E-state index in [0.29, 0.717) is 17.1 Å². The van der Waals surface area contributed by atoms with Gasteiger partial charge in [-0.15, -0.1) is 0 Å². The Morgan fingerprint density at radius 2 is 1.76 bits per heavy atom. The Morgan fingerprint density at radius 1 is 1.00 bits per heavy atom. The van der Waals surface area contributed by atoms with Crippen molar-refractivity contribution in [3.63, 3.8) is 0 Å². The molecule has 0 aromatic heterocycles. The highest BCUT2D eigenvalue weighted by Gasteiger charge is 2.34. The molecule has 29 heavy (non-hydrogen) atoms. The van der Waals surface area contributed by atoms with Gasteiger partial charge in [0.2, 0.25) is 6.79 Å². The zero-order valence-corrected chi connectivity index (χ0v) is 14.7. The third-order valence-corrected chi connectivity index (χ3v) is 4.78. The molecule has 3 aromatic rings. The predicted octanol–water partition coefficient (Wildman–Crippen LogP) is 3.11. The number of fused-ring (bicyclic) bond motifs is 1. The monoisotopic (exact) mass is 389 g/mol. The van der Waals surface area contributed by atoms with E-state index >= 15 is 0 Å². The summed E-state index contributed by atoms with van der Waals surface area (Å²) < 4.78 is 10.5. The van der Waals surface area contributed by atoms with Crippen molar-refractivity contribution in [2.45, 2.75) is 0 Å². The predicted molar refractivity (Wildman–Crippen MR) is 101 cm³/mol. The Balaban J connectivity index is 1.57. The van der Waals surface area contributed by atoms with Gasteiger partial charge in [0.25, 0.3) is 17.5 Å². The van der Waals surface area contributed by atoms with E-state index < -0.39 is 16.7 Å². The number of hydrogen-bond donors (Lipinski definition) is 0. The van der Waals surface area contributed by atoms with Gasteiger partial charge in [-0.05, 0) is 42.0 Å². The lowest BCUT2D eigenvalue weighted by Crippen LogP contribution is -2.36. The Labute approximate surface area is 162 Å². The highest BCUT2D eigenvalue weighted by Crippen LogP contribution is 2.35. The Hall–Kier alpha value is -4.27. The zero-order chi connectivity index (χ0) is 20.1. The summed E-state index contributed by atoms with van der Waals surface area (Å²) in [6, 6.07) is 12.3. The molecule has 0 radical (unpaired) electrons. The van der Waals surface area contributed by atoms with Crippen molar-refractivity contribution in [3.8, 4) is 11.5 Å². The molecule has 9 nitrogen and oxygen atoms in total. The van der Waals surface area contributed by atoms with Crippen molar-refractivity contribution in [1.82, 2.24) is 5.01 Å². The number of nitro benzene ring substituents is 1. The molecule has 0 bridgehead atoms. The number of hydrazone groups is 1. The molecule has 5 rings (SSSR count). The second-order valence-electron chi connectivity index (χ2n) is 6.40. The van der Waals surface area contributed by atoms with Crippen LogP contribution in [0.5, 0.6) is 11.5 Å². The lowest BCUT2D eigenvalue weighted by atomic mass is 9.94. The summed E-state index contributed by atoms with van der Waals surface area (Å²) >= 11 is 0. The molecule has 0 unspecified atom stereocenters. The number of amides is 2. The molecule has 0 spiro atoms. The number of hydrogen-bond acceptors (Lipinski definition) is 7. The van der Waals surface area contributed by atoms with Gasteiger partial charge < -0.3 is 9.47 Å². The van der Waals surface area contributed by atoms with Crippen molar-refractivity contribution in [2.75, 3.05) is 6.79 Å². The summed E-state index contributed by atoms with van der Waals surface area (Å²) in [5, 5.41) is 16.6. The van der Waals surface area contributed by atoms with Crippen molar-refractivity contribution >= 4 is 34.5 Å². The molecular weight excluding hydrogens is 378 g/mol. The zero-order valence-electron chi connectivity index (χ0n) is 14.7. The fraction of sp³-hybridized carbons (Fsp3) is 0.0500. The van der Waals surface area contributed by atoms with Crippen LogP contribution in [0.3, 0.4) is 0 Å². The maximum atomic E-state index is 12.9. The fourth-order valence-corrected chi connectivity index (χ4v) is 3.45. The van der Waals surface area contributed by atoms with Crippen LogP contribution < -0.4 is 9.47 Å². The van der Waals surface area contributed by atoms with E-state index in [0.717, 1.165) is 5.01 Å². The van der Waals surface area contributed by atoms with E-state index in [1.165, 1.54) is 30.5 Å². The summed E-state index contributed by atoms with van der Waals surface area (Å²) in [6.07, 6.45) is 1.37. The van der Waals surface area contributed by atoms with Crippen molar-refractivity contribution in [3.05, 3.63) is 75.3 Å². The van der Waals surface area contributed by atoms with Gasteiger partial charge in [0.1, 0.15) is 0 Å². The molecule has 0 atom stereocenters. The van der Waals surface area contributed by atoms with Crippen LogP contribution in [0.2, 0.25) is 0 Å². The maximum absolute atomic E-state index is 12.9. The van der Waals surface area contributed by atoms with E-state index in [4.69, 9.17) is 9.47 Å². The minimum absolute atomic E-state index is 0.131. The molecule has 3 aromatic carbocycles. The van der Waals surface area contributed by atoms with Gasteiger partial charge in [0, 0.05) is 11.5 Å². The normalized spacial score (nSPS) is 14.8. The quantitative estimate of drug-likeness (QED) is 0.294. The average Bonchev–Trinajstić information content (AvgIpc) is 3.19. The lowest BCUT2D eigenvalue weighted by molar-refractivity contribution is -0.383. The van der Waals surface area contributed by atoms with Crippen molar-refractivity contribution in [2.24, 2.45) is 5.10 Å². The van der Waals surface area contributed by atoms with E-state index in [2.05, 4.69) is 5.10 Å². The minimum atomic E-state index is -0.648. The lowest BCUT2D eigenvalue weighted by Gasteiger charge is -2.22. The molecule has 9 heteroatoms. The number of rotatable bonds is 3. The first-order valence-corrected chi connectivity index (χ1v) is 8.57. The molecule has 0 saturated carbocycles. The van der Waals surface area contributed by atoms with Crippen LogP contribution in [-0.2, 0) is 0 Å². The summed E-state index contributed by atoms with van der Waals surface area (Å²) in [6.45, 7) is 0.131. The van der Waals surface area contributed by atoms with Crippen LogP contribution in [0.25, 0.3) is 10.8 Å². The number of benzene rings is 3. The van der Waals surface area contributed by atoms with E-state index in [-0.39, 0.29) is 34.4 Å². The summed E-state index contributed by atoms with van der Waals surface area (Å²) in [5.74, 6) is -0.140. The Kier molecular flexibility index (Phi) is 3.56. The number of non-ortho nitro benzene ring substituents is 1. The van der Waals surface area contributed by atoms with Crippen LogP contribution in [0, 0.1) is 10.1 Å². The van der Waals surface area contributed by atoms with Gasteiger partial charge >= 0.3 is 0 Å². The highest BCUT2D eigenvalue weighted by atomic mass is 16.7. The molecule has 0 N–H and O–H groups in total. The smallest absolute Gasteiger partial charge is 0.282 e. The molecule has 142 valence electrons. The molecule has 2 amide bonds. The van der Waals surface area contributed by atoms with Crippen LogP contribution in [0.1, 0.15) is 26.3 Å². The van der Waals surface area contributed by atoms with Crippen LogP contribution in [0.15, 0.2) is 53.6 Å². The second kappa shape index (κ2) is 6.13. The molecule has 0 fully saturated rings.